The van der Waals surface area contributed by atoms with Crippen molar-refractivity contribution in [1.82, 2.24) is 4.90 Å². The minimum Gasteiger partial charge on any atom is -0.360 e. The topological polar surface area (TPSA) is 32.3 Å². The van der Waals surface area contributed by atoms with Crippen LogP contribution in [0.3, 0.4) is 0 Å². The maximum atomic E-state index is 13.5. The van der Waals surface area contributed by atoms with Gasteiger partial charge in [0, 0.05) is 22.0 Å². The molecule has 0 saturated heterocycles. The van der Waals surface area contributed by atoms with Crippen LogP contribution < -0.4 is 5.32 Å². The number of anilines is 1. The first-order valence-electron chi connectivity index (χ1n) is 9.96. The molecule has 0 radical (unpaired) electrons. The number of fused-ring (bicyclic) bond motifs is 2. The third-order valence-corrected chi connectivity index (χ3v) is 6.83. The van der Waals surface area contributed by atoms with Crippen molar-refractivity contribution in [2.24, 2.45) is 0 Å². The Morgan fingerprint density at radius 3 is 2.59 bits per heavy atom. The molecule has 1 amide bonds. The lowest BCUT2D eigenvalue weighted by Gasteiger charge is -2.37. The van der Waals surface area contributed by atoms with E-state index >= 15 is 0 Å². The van der Waals surface area contributed by atoms with Gasteiger partial charge in [0.2, 0.25) is 0 Å². The first kappa shape index (κ1) is 18.0. The molecule has 3 aromatic carbocycles. The van der Waals surface area contributed by atoms with Crippen molar-refractivity contribution in [2.45, 2.75) is 26.1 Å². The summed E-state index contributed by atoms with van der Waals surface area (Å²) < 4.78 is 0. The van der Waals surface area contributed by atoms with Crippen LogP contribution in [0, 0.1) is 0 Å². The van der Waals surface area contributed by atoms with Gasteiger partial charge in [-0.25, -0.2) is 0 Å². The summed E-state index contributed by atoms with van der Waals surface area (Å²) in [6, 6.07) is 26.8. The molecule has 0 bridgehead atoms. The number of thiophene rings is 1. The number of carbonyl (C=O) groups is 1. The number of carbonyl (C=O) groups excluding carboxylic acids is 1. The van der Waals surface area contributed by atoms with Crippen molar-refractivity contribution in [3.63, 3.8) is 0 Å². The highest BCUT2D eigenvalue weighted by Gasteiger charge is 2.33. The van der Waals surface area contributed by atoms with Crippen LogP contribution in [-0.2, 0) is 13.0 Å². The largest absolute Gasteiger partial charge is 0.360 e. The van der Waals surface area contributed by atoms with Gasteiger partial charge in [0.25, 0.3) is 5.91 Å². The first-order chi connectivity index (χ1) is 14.2. The number of para-hydroxylation sites is 1. The molecular weight excluding hydrogens is 376 g/mol. The van der Waals surface area contributed by atoms with E-state index in [1.807, 2.05) is 29.2 Å². The number of hydrogen-bond donors (Lipinski definition) is 1. The van der Waals surface area contributed by atoms with Gasteiger partial charge >= 0.3 is 0 Å². The lowest BCUT2D eigenvalue weighted by molar-refractivity contribution is 0.0670. The molecule has 1 aliphatic rings. The molecule has 1 aliphatic heterocycles. The average molecular weight is 399 g/mol. The van der Waals surface area contributed by atoms with E-state index in [1.54, 1.807) is 11.3 Å². The molecule has 144 valence electrons. The molecule has 4 aromatic rings. The molecular formula is C25H22N2OS. The van der Waals surface area contributed by atoms with Crippen LogP contribution in [0.2, 0.25) is 0 Å². The second-order valence-corrected chi connectivity index (χ2v) is 8.52. The minimum absolute atomic E-state index is 0.0729. The van der Waals surface area contributed by atoms with E-state index in [9.17, 15) is 4.79 Å². The number of aryl methyl sites for hydroxylation is 1. The Hall–Kier alpha value is -3.11. The minimum atomic E-state index is -0.165. The third kappa shape index (κ3) is 3.19. The van der Waals surface area contributed by atoms with Gasteiger partial charge < -0.3 is 10.2 Å². The molecule has 0 aliphatic carbocycles. The van der Waals surface area contributed by atoms with Crippen LogP contribution in [0.4, 0.5) is 5.69 Å². The Balaban J connectivity index is 1.59. The van der Waals surface area contributed by atoms with Crippen LogP contribution in [0.1, 0.15) is 38.8 Å². The molecule has 0 fully saturated rings. The standard InChI is InChI=1S/C25H22N2OS/c1-2-19-14-15-23(29-19)24-26-22-13-6-5-12-21(22)25(28)27(24)16-18-10-7-9-17-8-3-4-11-20(17)18/h3-15,24,26H,2,16H2,1H3. The van der Waals surface area contributed by atoms with Crippen molar-refractivity contribution in [3.05, 3.63) is 99.7 Å². The summed E-state index contributed by atoms with van der Waals surface area (Å²) in [6.07, 6.45) is 0.840. The van der Waals surface area contributed by atoms with Crippen molar-refractivity contribution in [1.29, 1.82) is 0 Å². The molecule has 0 saturated carbocycles. The van der Waals surface area contributed by atoms with Gasteiger partial charge in [0.05, 0.1) is 5.56 Å². The van der Waals surface area contributed by atoms with Gasteiger partial charge in [-0.1, -0.05) is 61.5 Å². The number of rotatable bonds is 4. The van der Waals surface area contributed by atoms with Crippen LogP contribution in [0.25, 0.3) is 10.8 Å². The fourth-order valence-corrected chi connectivity index (χ4v) is 5.04. The summed E-state index contributed by atoms with van der Waals surface area (Å²) in [5, 5.41) is 6.01. The maximum Gasteiger partial charge on any atom is 0.258 e. The van der Waals surface area contributed by atoms with Gasteiger partial charge in [0.15, 0.2) is 0 Å². The molecule has 5 rings (SSSR count). The van der Waals surface area contributed by atoms with Gasteiger partial charge in [-0.05, 0) is 47.0 Å². The summed E-state index contributed by atoms with van der Waals surface area (Å²) in [5.74, 6) is 0.0729. The van der Waals surface area contributed by atoms with Crippen molar-refractivity contribution in [3.8, 4) is 0 Å². The molecule has 1 unspecified atom stereocenters. The van der Waals surface area contributed by atoms with Gasteiger partial charge in [0.1, 0.15) is 6.17 Å². The summed E-state index contributed by atoms with van der Waals surface area (Å²) in [7, 11) is 0. The zero-order chi connectivity index (χ0) is 19.8. The fourth-order valence-electron chi connectivity index (χ4n) is 4.03. The zero-order valence-electron chi connectivity index (χ0n) is 16.3. The van der Waals surface area contributed by atoms with Crippen molar-refractivity contribution >= 4 is 33.7 Å². The second-order valence-electron chi connectivity index (χ2n) is 7.32. The van der Waals surface area contributed by atoms with Crippen LogP contribution >= 0.6 is 11.3 Å². The average Bonchev–Trinajstić information content (AvgIpc) is 3.25. The molecule has 1 N–H and O–H groups in total. The Labute approximate surface area is 174 Å². The van der Waals surface area contributed by atoms with Crippen molar-refractivity contribution in [2.75, 3.05) is 5.32 Å². The van der Waals surface area contributed by atoms with Crippen LogP contribution in [0.5, 0.6) is 0 Å². The van der Waals surface area contributed by atoms with E-state index in [-0.39, 0.29) is 12.1 Å². The molecule has 1 aromatic heterocycles. The van der Waals surface area contributed by atoms with Gasteiger partial charge in [-0.15, -0.1) is 11.3 Å². The summed E-state index contributed by atoms with van der Waals surface area (Å²) in [5.41, 5.74) is 2.80. The third-order valence-electron chi connectivity index (χ3n) is 5.54. The van der Waals surface area contributed by atoms with E-state index in [4.69, 9.17) is 0 Å². The second kappa shape index (κ2) is 7.37. The van der Waals surface area contributed by atoms with Gasteiger partial charge in [-0.2, -0.15) is 0 Å². The molecule has 29 heavy (non-hydrogen) atoms. The number of nitrogens with zero attached hydrogens (tertiary/aromatic N) is 1. The van der Waals surface area contributed by atoms with E-state index in [1.165, 1.54) is 20.5 Å². The first-order valence-corrected chi connectivity index (χ1v) is 10.8. The summed E-state index contributed by atoms with van der Waals surface area (Å²) >= 11 is 1.78. The molecule has 3 nitrogen and oxygen atoms in total. The molecule has 2 heterocycles. The normalized spacial score (nSPS) is 16.0. The summed E-state index contributed by atoms with van der Waals surface area (Å²) in [4.78, 5) is 18.0. The highest BCUT2D eigenvalue weighted by atomic mass is 32.1. The Morgan fingerprint density at radius 2 is 1.72 bits per heavy atom. The van der Waals surface area contributed by atoms with E-state index < -0.39 is 0 Å². The number of nitrogens with one attached hydrogen (secondary N) is 1. The number of amides is 1. The van der Waals surface area contributed by atoms with E-state index in [0.717, 1.165) is 23.2 Å². The zero-order valence-corrected chi connectivity index (χ0v) is 17.1. The Bertz CT molecular complexity index is 1190. The highest BCUT2D eigenvalue weighted by Crippen LogP contribution is 2.37. The monoisotopic (exact) mass is 398 g/mol. The summed E-state index contributed by atoms with van der Waals surface area (Å²) in [6.45, 7) is 2.73. The van der Waals surface area contributed by atoms with E-state index in [0.29, 0.717) is 6.54 Å². The number of hydrogen-bond acceptors (Lipinski definition) is 3. The predicted molar refractivity (Wildman–Crippen MR) is 120 cm³/mol. The highest BCUT2D eigenvalue weighted by molar-refractivity contribution is 7.12. The Morgan fingerprint density at radius 1 is 0.931 bits per heavy atom. The molecule has 1 atom stereocenters. The fraction of sp³-hybridized carbons (Fsp3) is 0.160. The van der Waals surface area contributed by atoms with E-state index in [2.05, 4.69) is 66.8 Å². The lowest BCUT2D eigenvalue weighted by Crippen LogP contribution is -2.42. The molecule has 0 spiro atoms. The van der Waals surface area contributed by atoms with Crippen LogP contribution in [-0.4, -0.2) is 10.8 Å². The number of benzene rings is 3. The van der Waals surface area contributed by atoms with Crippen LogP contribution in [0.15, 0.2) is 78.9 Å². The van der Waals surface area contributed by atoms with Gasteiger partial charge in [-0.3, -0.25) is 4.79 Å². The quantitative estimate of drug-likeness (QED) is 0.442. The Kier molecular flexibility index (Phi) is 4.57. The molecule has 4 heteroatoms. The predicted octanol–water partition coefficient (Wildman–Crippen LogP) is 6.23. The maximum absolute atomic E-state index is 13.5. The smallest absolute Gasteiger partial charge is 0.258 e. The lowest BCUT2D eigenvalue weighted by atomic mass is 10.0. The van der Waals surface area contributed by atoms with Crippen molar-refractivity contribution < 1.29 is 4.79 Å². The SMILES string of the molecule is CCc1ccc(C2Nc3ccccc3C(=O)N2Cc2cccc3ccccc23)s1.